The fraction of sp³-hybridized carbons (Fsp3) is 0.800. The largest absolute Gasteiger partial charge is 0.0825 e. The second kappa shape index (κ2) is 3.23. The molecule has 1 rings (SSSR count). The van der Waals surface area contributed by atoms with Crippen LogP contribution in [0.3, 0.4) is 0 Å². The van der Waals surface area contributed by atoms with Crippen molar-refractivity contribution in [2.45, 2.75) is 40.0 Å². The molecule has 1 aliphatic carbocycles. The van der Waals surface area contributed by atoms with Gasteiger partial charge in [-0.25, -0.2) is 0 Å². The third kappa shape index (κ3) is 1.86. The minimum atomic E-state index is 0.746. The molecule has 0 aromatic rings. The summed E-state index contributed by atoms with van der Waals surface area (Å²) in [6.45, 7) is 6.87. The lowest BCUT2D eigenvalue weighted by Crippen LogP contribution is -1.91. The molecular formula is C10H18. The predicted octanol–water partition coefficient (Wildman–Crippen LogP) is 3.39. The standard InChI is InChI=1S/C10H18/c1-8(2)7-10-6-4-5-9(10)3/h7-9H,4-6H2,1-3H3/b10-7-. The first kappa shape index (κ1) is 7.84. The SMILES string of the molecule is CC(C)/C=C1/CCCC1C. The summed E-state index contributed by atoms with van der Waals surface area (Å²) in [6, 6.07) is 0. The van der Waals surface area contributed by atoms with E-state index in [1.807, 2.05) is 0 Å². The molecule has 1 unspecified atom stereocenters. The smallest absolute Gasteiger partial charge is 0.0231 e. The van der Waals surface area contributed by atoms with Crippen LogP contribution in [-0.4, -0.2) is 0 Å². The second-order valence-electron chi connectivity index (χ2n) is 3.78. The van der Waals surface area contributed by atoms with E-state index in [-0.39, 0.29) is 0 Å². The van der Waals surface area contributed by atoms with Crippen LogP contribution < -0.4 is 0 Å². The molecule has 0 aromatic carbocycles. The Hall–Kier alpha value is -0.260. The van der Waals surface area contributed by atoms with Crippen molar-refractivity contribution in [1.82, 2.24) is 0 Å². The summed E-state index contributed by atoms with van der Waals surface area (Å²) in [7, 11) is 0. The number of allylic oxidation sites excluding steroid dienone is 2. The molecule has 10 heavy (non-hydrogen) atoms. The maximum atomic E-state index is 2.44. The Morgan fingerprint density at radius 1 is 1.50 bits per heavy atom. The highest BCUT2D eigenvalue weighted by Gasteiger charge is 2.15. The molecule has 0 bridgehead atoms. The van der Waals surface area contributed by atoms with Crippen molar-refractivity contribution in [1.29, 1.82) is 0 Å². The zero-order valence-corrected chi connectivity index (χ0v) is 7.35. The van der Waals surface area contributed by atoms with Gasteiger partial charge in [0.15, 0.2) is 0 Å². The van der Waals surface area contributed by atoms with Gasteiger partial charge in [-0.15, -0.1) is 0 Å². The molecule has 0 saturated heterocycles. The van der Waals surface area contributed by atoms with Crippen molar-refractivity contribution >= 4 is 0 Å². The minimum absolute atomic E-state index is 0.746. The van der Waals surface area contributed by atoms with Crippen LogP contribution in [0.5, 0.6) is 0 Å². The predicted molar refractivity (Wildman–Crippen MR) is 45.9 cm³/mol. The molecule has 0 nitrogen and oxygen atoms in total. The Bertz CT molecular complexity index is 131. The van der Waals surface area contributed by atoms with Crippen molar-refractivity contribution in [3.8, 4) is 0 Å². The monoisotopic (exact) mass is 138 g/mol. The van der Waals surface area contributed by atoms with Crippen LogP contribution in [0.15, 0.2) is 11.6 Å². The van der Waals surface area contributed by atoms with E-state index in [9.17, 15) is 0 Å². The summed E-state index contributed by atoms with van der Waals surface area (Å²) in [5, 5.41) is 0. The average molecular weight is 138 g/mol. The van der Waals surface area contributed by atoms with Crippen molar-refractivity contribution in [2.24, 2.45) is 11.8 Å². The summed E-state index contributed by atoms with van der Waals surface area (Å²) in [6.07, 6.45) is 6.63. The van der Waals surface area contributed by atoms with E-state index in [1.165, 1.54) is 19.3 Å². The van der Waals surface area contributed by atoms with E-state index >= 15 is 0 Å². The molecule has 1 fully saturated rings. The first-order chi connectivity index (χ1) is 4.70. The van der Waals surface area contributed by atoms with Crippen LogP contribution in [0.2, 0.25) is 0 Å². The van der Waals surface area contributed by atoms with Crippen molar-refractivity contribution in [2.75, 3.05) is 0 Å². The van der Waals surface area contributed by atoms with Gasteiger partial charge >= 0.3 is 0 Å². The molecular weight excluding hydrogens is 120 g/mol. The van der Waals surface area contributed by atoms with E-state index in [2.05, 4.69) is 26.8 Å². The first-order valence-corrected chi connectivity index (χ1v) is 4.40. The summed E-state index contributed by atoms with van der Waals surface area (Å²) in [5.41, 5.74) is 1.70. The van der Waals surface area contributed by atoms with E-state index in [0.29, 0.717) is 0 Å². The van der Waals surface area contributed by atoms with Crippen LogP contribution >= 0.6 is 0 Å². The van der Waals surface area contributed by atoms with Gasteiger partial charge in [-0.05, 0) is 31.1 Å². The third-order valence-electron chi connectivity index (χ3n) is 2.28. The third-order valence-corrected chi connectivity index (χ3v) is 2.28. The molecule has 0 amide bonds. The maximum absolute atomic E-state index is 2.44. The Kier molecular flexibility index (Phi) is 2.53. The van der Waals surface area contributed by atoms with Gasteiger partial charge in [-0.1, -0.05) is 32.4 Å². The number of hydrogen-bond donors (Lipinski definition) is 0. The van der Waals surface area contributed by atoms with Crippen LogP contribution in [-0.2, 0) is 0 Å². The van der Waals surface area contributed by atoms with E-state index in [0.717, 1.165) is 11.8 Å². The molecule has 1 atom stereocenters. The Morgan fingerprint density at radius 2 is 2.20 bits per heavy atom. The summed E-state index contributed by atoms with van der Waals surface area (Å²) in [5.74, 6) is 1.62. The molecule has 0 aromatic heterocycles. The molecule has 0 radical (unpaired) electrons. The summed E-state index contributed by atoms with van der Waals surface area (Å²) >= 11 is 0. The Balaban J connectivity index is 2.54. The highest BCUT2D eigenvalue weighted by atomic mass is 14.2. The zero-order chi connectivity index (χ0) is 7.56. The highest BCUT2D eigenvalue weighted by molar-refractivity contribution is 5.10. The van der Waals surface area contributed by atoms with Crippen LogP contribution in [0.4, 0.5) is 0 Å². The fourth-order valence-corrected chi connectivity index (χ4v) is 1.72. The quantitative estimate of drug-likeness (QED) is 0.487. The lowest BCUT2D eigenvalue weighted by atomic mass is 10.0. The molecule has 58 valence electrons. The van der Waals surface area contributed by atoms with E-state index < -0.39 is 0 Å². The van der Waals surface area contributed by atoms with Gasteiger partial charge in [0, 0.05) is 0 Å². The van der Waals surface area contributed by atoms with E-state index in [4.69, 9.17) is 0 Å². The molecule has 1 saturated carbocycles. The molecule has 0 heteroatoms. The second-order valence-corrected chi connectivity index (χ2v) is 3.78. The van der Waals surface area contributed by atoms with Gasteiger partial charge in [0.2, 0.25) is 0 Å². The lowest BCUT2D eigenvalue weighted by molar-refractivity contribution is 0.685. The van der Waals surface area contributed by atoms with Gasteiger partial charge in [0.25, 0.3) is 0 Å². The van der Waals surface area contributed by atoms with Crippen molar-refractivity contribution < 1.29 is 0 Å². The topological polar surface area (TPSA) is 0 Å². The van der Waals surface area contributed by atoms with E-state index in [1.54, 1.807) is 5.57 Å². The van der Waals surface area contributed by atoms with Crippen molar-refractivity contribution in [3.63, 3.8) is 0 Å². The molecule has 0 spiro atoms. The molecule has 0 N–H and O–H groups in total. The highest BCUT2D eigenvalue weighted by Crippen LogP contribution is 2.30. The number of hydrogen-bond acceptors (Lipinski definition) is 0. The summed E-state index contributed by atoms with van der Waals surface area (Å²) < 4.78 is 0. The summed E-state index contributed by atoms with van der Waals surface area (Å²) in [4.78, 5) is 0. The molecule has 0 heterocycles. The van der Waals surface area contributed by atoms with Crippen LogP contribution in [0.1, 0.15) is 40.0 Å². The van der Waals surface area contributed by atoms with Gasteiger partial charge in [0.05, 0.1) is 0 Å². The average Bonchev–Trinajstić information content (AvgIpc) is 2.15. The zero-order valence-electron chi connectivity index (χ0n) is 7.35. The van der Waals surface area contributed by atoms with Crippen LogP contribution in [0, 0.1) is 11.8 Å². The Morgan fingerprint density at radius 3 is 2.60 bits per heavy atom. The van der Waals surface area contributed by atoms with Crippen molar-refractivity contribution in [3.05, 3.63) is 11.6 Å². The maximum Gasteiger partial charge on any atom is -0.0231 e. The fourth-order valence-electron chi connectivity index (χ4n) is 1.72. The normalized spacial score (nSPS) is 30.4. The van der Waals surface area contributed by atoms with Crippen LogP contribution in [0.25, 0.3) is 0 Å². The first-order valence-electron chi connectivity index (χ1n) is 4.40. The lowest BCUT2D eigenvalue weighted by Gasteiger charge is -2.05. The molecule has 1 aliphatic rings. The molecule has 0 aliphatic heterocycles. The Labute approximate surface area is 64.3 Å². The van der Waals surface area contributed by atoms with Gasteiger partial charge < -0.3 is 0 Å². The van der Waals surface area contributed by atoms with Gasteiger partial charge in [0.1, 0.15) is 0 Å². The van der Waals surface area contributed by atoms with Gasteiger partial charge in [-0.3, -0.25) is 0 Å². The number of rotatable bonds is 1. The minimum Gasteiger partial charge on any atom is -0.0825 e. The van der Waals surface area contributed by atoms with Gasteiger partial charge in [-0.2, -0.15) is 0 Å².